The van der Waals surface area contributed by atoms with Gasteiger partial charge in [0.15, 0.2) is 0 Å². The van der Waals surface area contributed by atoms with E-state index >= 15 is 0 Å². The summed E-state index contributed by atoms with van der Waals surface area (Å²) in [6.45, 7) is 7.74. The topological polar surface area (TPSA) is 52.6 Å². The lowest BCUT2D eigenvalue weighted by atomic mass is 9.81. The number of rotatable bonds is 15. The second-order valence-electron chi connectivity index (χ2n) is 8.91. The molecule has 1 saturated carbocycles. The number of ether oxygens (including phenoxy) is 2. The van der Waals surface area contributed by atoms with Crippen molar-refractivity contribution in [1.29, 1.82) is 0 Å². The van der Waals surface area contributed by atoms with E-state index < -0.39 is 0 Å². The molecule has 1 aliphatic carbocycles. The minimum absolute atomic E-state index is 0.111. The van der Waals surface area contributed by atoms with Crippen molar-refractivity contribution >= 4 is 11.9 Å². The fourth-order valence-corrected chi connectivity index (χ4v) is 3.91. The van der Waals surface area contributed by atoms with Gasteiger partial charge in [0, 0.05) is 0 Å². The van der Waals surface area contributed by atoms with Gasteiger partial charge in [-0.15, -0.1) is 0 Å². The van der Waals surface area contributed by atoms with Gasteiger partial charge in [0.1, 0.15) is 0 Å². The largest absolute Gasteiger partial charge is 0.465 e. The molecule has 4 nitrogen and oxygen atoms in total. The summed E-state index contributed by atoms with van der Waals surface area (Å²) < 4.78 is 10.9. The van der Waals surface area contributed by atoms with Gasteiger partial charge >= 0.3 is 11.9 Å². The molecule has 0 heterocycles. The van der Waals surface area contributed by atoms with Gasteiger partial charge in [-0.3, -0.25) is 9.59 Å². The maximum Gasteiger partial charge on any atom is 0.308 e. The number of esters is 2. The summed E-state index contributed by atoms with van der Waals surface area (Å²) in [5, 5.41) is 0. The van der Waals surface area contributed by atoms with Crippen molar-refractivity contribution in [2.24, 2.45) is 17.8 Å². The minimum atomic E-state index is -0.127. The summed E-state index contributed by atoms with van der Waals surface area (Å²) in [4.78, 5) is 24.6. The van der Waals surface area contributed by atoms with Crippen LogP contribution in [0.2, 0.25) is 0 Å². The first-order valence-electron chi connectivity index (χ1n) is 11.9. The van der Waals surface area contributed by atoms with E-state index in [1.165, 1.54) is 38.5 Å². The third-order valence-electron chi connectivity index (χ3n) is 5.75. The van der Waals surface area contributed by atoms with Crippen molar-refractivity contribution < 1.29 is 19.1 Å². The molecule has 1 aliphatic rings. The molecule has 0 aromatic heterocycles. The molecule has 0 N–H and O–H groups in total. The summed E-state index contributed by atoms with van der Waals surface area (Å²) >= 11 is 0. The molecule has 1 rings (SSSR count). The summed E-state index contributed by atoms with van der Waals surface area (Å²) in [5.74, 6) is 0.310. The standard InChI is InChI=1S/C24H44O4/c1-4-5-6-11-17-27-23(25)21-15-13-16-22(19-21)24(26)28-18-12-9-7-8-10-14-20(2)3/h20-22H,4-19H2,1-3H3. The van der Waals surface area contributed by atoms with Crippen LogP contribution in [0.5, 0.6) is 0 Å². The predicted molar refractivity (Wildman–Crippen MR) is 114 cm³/mol. The minimum Gasteiger partial charge on any atom is -0.465 e. The van der Waals surface area contributed by atoms with E-state index in [4.69, 9.17) is 9.47 Å². The average Bonchev–Trinajstić information content (AvgIpc) is 2.69. The number of carbonyl (C=O) groups is 2. The zero-order chi connectivity index (χ0) is 20.6. The Hall–Kier alpha value is -1.06. The molecule has 0 bridgehead atoms. The monoisotopic (exact) mass is 396 g/mol. The van der Waals surface area contributed by atoms with Gasteiger partial charge in [-0.2, -0.15) is 0 Å². The summed E-state index contributed by atoms with van der Waals surface area (Å²) in [5.41, 5.74) is 0. The molecule has 0 aliphatic heterocycles. The Labute approximate surface area is 173 Å². The lowest BCUT2D eigenvalue weighted by Crippen LogP contribution is -2.30. The van der Waals surface area contributed by atoms with Crippen LogP contribution < -0.4 is 0 Å². The van der Waals surface area contributed by atoms with Crippen LogP contribution in [0, 0.1) is 17.8 Å². The van der Waals surface area contributed by atoms with E-state index in [9.17, 15) is 9.59 Å². The molecule has 0 amide bonds. The van der Waals surface area contributed by atoms with Gasteiger partial charge in [-0.1, -0.05) is 78.6 Å². The van der Waals surface area contributed by atoms with Crippen molar-refractivity contribution in [3.05, 3.63) is 0 Å². The normalized spacial score (nSPS) is 19.6. The fraction of sp³-hybridized carbons (Fsp3) is 0.917. The Morgan fingerprint density at radius 1 is 0.786 bits per heavy atom. The highest BCUT2D eigenvalue weighted by molar-refractivity contribution is 5.76. The van der Waals surface area contributed by atoms with Crippen molar-refractivity contribution in [2.45, 2.75) is 111 Å². The fourth-order valence-electron chi connectivity index (χ4n) is 3.91. The Bertz CT molecular complexity index is 419. The molecule has 0 saturated heterocycles. The summed E-state index contributed by atoms with van der Waals surface area (Å²) in [6.07, 6.45) is 14.8. The Morgan fingerprint density at radius 2 is 1.29 bits per heavy atom. The quantitative estimate of drug-likeness (QED) is 0.235. The second-order valence-corrected chi connectivity index (χ2v) is 8.91. The molecule has 164 valence electrons. The average molecular weight is 397 g/mol. The van der Waals surface area contributed by atoms with Crippen LogP contribution in [0.3, 0.4) is 0 Å². The van der Waals surface area contributed by atoms with Crippen molar-refractivity contribution in [3.8, 4) is 0 Å². The molecular formula is C24H44O4. The first kappa shape index (κ1) is 25.0. The molecule has 0 radical (unpaired) electrons. The van der Waals surface area contributed by atoms with Crippen LogP contribution in [0.4, 0.5) is 0 Å². The van der Waals surface area contributed by atoms with Crippen LogP contribution in [0.15, 0.2) is 0 Å². The van der Waals surface area contributed by atoms with Gasteiger partial charge in [0.2, 0.25) is 0 Å². The number of unbranched alkanes of at least 4 members (excludes halogenated alkanes) is 7. The Balaban J connectivity index is 2.12. The van der Waals surface area contributed by atoms with Gasteiger partial charge in [0.25, 0.3) is 0 Å². The number of carbonyl (C=O) groups excluding carboxylic acids is 2. The van der Waals surface area contributed by atoms with E-state index in [0.717, 1.165) is 50.9 Å². The highest BCUT2D eigenvalue weighted by atomic mass is 16.5. The Kier molecular flexibility index (Phi) is 14.1. The Morgan fingerprint density at radius 3 is 1.82 bits per heavy atom. The lowest BCUT2D eigenvalue weighted by Gasteiger charge is -2.26. The molecule has 28 heavy (non-hydrogen) atoms. The molecule has 2 atom stereocenters. The van der Waals surface area contributed by atoms with Crippen LogP contribution in [-0.4, -0.2) is 25.2 Å². The van der Waals surface area contributed by atoms with Crippen molar-refractivity contribution in [2.75, 3.05) is 13.2 Å². The maximum atomic E-state index is 12.3. The van der Waals surface area contributed by atoms with Gasteiger partial charge in [-0.05, 0) is 38.0 Å². The van der Waals surface area contributed by atoms with Crippen LogP contribution in [0.1, 0.15) is 111 Å². The highest BCUT2D eigenvalue weighted by Crippen LogP contribution is 2.31. The summed E-state index contributed by atoms with van der Waals surface area (Å²) in [7, 11) is 0. The van der Waals surface area contributed by atoms with Crippen LogP contribution >= 0.6 is 0 Å². The SMILES string of the molecule is CCCCCCOC(=O)C1CCCC(C(=O)OCCCCCCCC(C)C)C1. The lowest BCUT2D eigenvalue weighted by molar-refractivity contribution is -0.155. The maximum absolute atomic E-state index is 12.3. The van der Waals surface area contributed by atoms with Gasteiger partial charge in [0.05, 0.1) is 25.0 Å². The van der Waals surface area contributed by atoms with Gasteiger partial charge < -0.3 is 9.47 Å². The second kappa shape index (κ2) is 15.8. The van der Waals surface area contributed by atoms with Crippen molar-refractivity contribution in [1.82, 2.24) is 0 Å². The van der Waals surface area contributed by atoms with E-state index in [1.807, 2.05) is 0 Å². The van der Waals surface area contributed by atoms with E-state index in [2.05, 4.69) is 20.8 Å². The van der Waals surface area contributed by atoms with Crippen LogP contribution in [0.25, 0.3) is 0 Å². The van der Waals surface area contributed by atoms with Crippen LogP contribution in [-0.2, 0) is 19.1 Å². The van der Waals surface area contributed by atoms with E-state index in [-0.39, 0.29) is 23.8 Å². The van der Waals surface area contributed by atoms with Crippen molar-refractivity contribution in [3.63, 3.8) is 0 Å². The number of hydrogen-bond donors (Lipinski definition) is 0. The summed E-state index contributed by atoms with van der Waals surface area (Å²) in [6, 6.07) is 0. The molecule has 0 spiro atoms. The van der Waals surface area contributed by atoms with E-state index in [0.29, 0.717) is 19.6 Å². The smallest absolute Gasteiger partial charge is 0.308 e. The van der Waals surface area contributed by atoms with E-state index in [1.54, 1.807) is 0 Å². The molecule has 0 aromatic rings. The predicted octanol–water partition coefficient (Wildman–Crippen LogP) is 6.46. The third-order valence-corrected chi connectivity index (χ3v) is 5.75. The molecule has 4 heteroatoms. The zero-order valence-corrected chi connectivity index (χ0v) is 18.7. The molecule has 0 aromatic carbocycles. The molecule has 1 fully saturated rings. The third kappa shape index (κ3) is 11.7. The first-order valence-corrected chi connectivity index (χ1v) is 11.9. The molecule has 2 unspecified atom stereocenters. The van der Waals surface area contributed by atoms with Gasteiger partial charge in [-0.25, -0.2) is 0 Å². The highest BCUT2D eigenvalue weighted by Gasteiger charge is 2.32. The molecular weight excluding hydrogens is 352 g/mol. The first-order chi connectivity index (χ1) is 13.5. The number of hydrogen-bond acceptors (Lipinski definition) is 4. The zero-order valence-electron chi connectivity index (χ0n) is 18.7.